The number of hydrogen-bond acceptors (Lipinski definition) is 2. The van der Waals surface area contributed by atoms with Gasteiger partial charge in [-0.1, -0.05) is 32.8 Å². The Morgan fingerprint density at radius 2 is 1.94 bits per heavy atom. The van der Waals surface area contributed by atoms with Gasteiger partial charge in [-0.05, 0) is 25.0 Å². The maximum atomic E-state index is 12.3. The Hall–Kier alpha value is -1.38. The van der Waals surface area contributed by atoms with Crippen LogP contribution in [0.25, 0.3) is 0 Å². The molecule has 1 aromatic heterocycles. The predicted octanol–water partition coefficient (Wildman–Crippen LogP) is 3.26. The summed E-state index contributed by atoms with van der Waals surface area (Å²) < 4.78 is 0. The van der Waals surface area contributed by atoms with Crippen LogP contribution in [-0.2, 0) is 4.79 Å². The standard InChI is InChI=1S/C14H22N2O/c1-4-8-12(9-5-2)14(17)16(3)13-10-6-7-11-15-13/h6-7,10-12H,4-5,8-9H2,1-3H3. The van der Waals surface area contributed by atoms with E-state index in [1.165, 1.54) is 0 Å². The Bertz CT molecular complexity index is 331. The van der Waals surface area contributed by atoms with Crippen LogP contribution in [0.5, 0.6) is 0 Å². The van der Waals surface area contributed by atoms with Gasteiger partial charge in [-0.25, -0.2) is 4.98 Å². The minimum Gasteiger partial charge on any atom is -0.300 e. The molecule has 0 N–H and O–H groups in total. The van der Waals surface area contributed by atoms with Gasteiger partial charge in [0.05, 0.1) is 0 Å². The number of amides is 1. The monoisotopic (exact) mass is 234 g/mol. The molecule has 0 aliphatic carbocycles. The topological polar surface area (TPSA) is 33.2 Å². The van der Waals surface area contributed by atoms with Crippen LogP contribution in [0.3, 0.4) is 0 Å². The number of hydrogen-bond donors (Lipinski definition) is 0. The second kappa shape index (κ2) is 7.05. The van der Waals surface area contributed by atoms with Crippen LogP contribution in [0.2, 0.25) is 0 Å². The molecule has 0 aromatic carbocycles. The third-order valence-electron chi connectivity index (χ3n) is 2.95. The first-order valence-electron chi connectivity index (χ1n) is 6.39. The lowest BCUT2D eigenvalue weighted by Gasteiger charge is -2.22. The first-order valence-corrected chi connectivity index (χ1v) is 6.39. The van der Waals surface area contributed by atoms with Crippen LogP contribution < -0.4 is 4.90 Å². The molecule has 0 spiro atoms. The second-order valence-corrected chi connectivity index (χ2v) is 4.36. The molecule has 0 atom stereocenters. The van der Waals surface area contributed by atoms with Gasteiger partial charge >= 0.3 is 0 Å². The lowest BCUT2D eigenvalue weighted by atomic mass is 9.97. The quantitative estimate of drug-likeness (QED) is 0.757. The van der Waals surface area contributed by atoms with Crippen molar-refractivity contribution in [3.05, 3.63) is 24.4 Å². The van der Waals surface area contributed by atoms with E-state index >= 15 is 0 Å². The number of anilines is 1. The van der Waals surface area contributed by atoms with E-state index in [-0.39, 0.29) is 11.8 Å². The van der Waals surface area contributed by atoms with Crippen LogP contribution in [0.15, 0.2) is 24.4 Å². The van der Waals surface area contributed by atoms with Gasteiger partial charge in [0.1, 0.15) is 5.82 Å². The third kappa shape index (κ3) is 3.84. The van der Waals surface area contributed by atoms with Crippen molar-refractivity contribution >= 4 is 11.7 Å². The third-order valence-corrected chi connectivity index (χ3v) is 2.95. The van der Waals surface area contributed by atoms with E-state index in [4.69, 9.17) is 0 Å². The van der Waals surface area contributed by atoms with E-state index in [1.54, 1.807) is 11.1 Å². The predicted molar refractivity (Wildman–Crippen MR) is 71.0 cm³/mol. The normalized spacial score (nSPS) is 10.6. The summed E-state index contributed by atoms with van der Waals surface area (Å²) >= 11 is 0. The zero-order chi connectivity index (χ0) is 12.7. The zero-order valence-electron chi connectivity index (χ0n) is 11.0. The molecule has 0 aliphatic rings. The van der Waals surface area contributed by atoms with Gasteiger partial charge in [0, 0.05) is 19.2 Å². The first-order chi connectivity index (χ1) is 8.20. The molecular weight excluding hydrogens is 212 g/mol. The summed E-state index contributed by atoms with van der Waals surface area (Å²) in [5.74, 6) is 1.05. The Labute approximate surface area is 104 Å². The Balaban J connectivity index is 2.73. The molecule has 0 fully saturated rings. The number of carbonyl (C=O) groups is 1. The van der Waals surface area contributed by atoms with Crippen LogP contribution in [0.4, 0.5) is 5.82 Å². The molecule has 0 saturated heterocycles. The molecule has 0 aliphatic heterocycles. The maximum Gasteiger partial charge on any atom is 0.230 e. The minimum absolute atomic E-state index is 0.136. The molecule has 1 aromatic rings. The summed E-state index contributed by atoms with van der Waals surface area (Å²) in [5, 5.41) is 0. The van der Waals surface area contributed by atoms with Gasteiger partial charge < -0.3 is 0 Å². The largest absolute Gasteiger partial charge is 0.300 e. The highest BCUT2D eigenvalue weighted by molar-refractivity contribution is 5.93. The summed E-state index contributed by atoms with van der Waals surface area (Å²) in [6.45, 7) is 4.24. The number of carbonyl (C=O) groups excluding carboxylic acids is 1. The number of pyridine rings is 1. The van der Waals surface area contributed by atoms with E-state index in [2.05, 4.69) is 18.8 Å². The second-order valence-electron chi connectivity index (χ2n) is 4.36. The molecule has 94 valence electrons. The van der Waals surface area contributed by atoms with Crippen molar-refractivity contribution < 1.29 is 4.79 Å². The van der Waals surface area contributed by atoms with Crippen LogP contribution >= 0.6 is 0 Å². The number of rotatable bonds is 6. The van der Waals surface area contributed by atoms with Gasteiger partial charge in [0.15, 0.2) is 0 Å². The van der Waals surface area contributed by atoms with Gasteiger partial charge in [-0.2, -0.15) is 0 Å². The number of nitrogens with zero attached hydrogens (tertiary/aromatic N) is 2. The first kappa shape index (κ1) is 13.7. The van der Waals surface area contributed by atoms with Crippen LogP contribution in [0.1, 0.15) is 39.5 Å². The summed E-state index contributed by atoms with van der Waals surface area (Å²) in [5.41, 5.74) is 0. The Morgan fingerprint density at radius 1 is 1.29 bits per heavy atom. The highest BCUT2D eigenvalue weighted by atomic mass is 16.2. The van der Waals surface area contributed by atoms with Crippen molar-refractivity contribution in [3.63, 3.8) is 0 Å². The van der Waals surface area contributed by atoms with E-state index in [9.17, 15) is 4.79 Å². The van der Waals surface area contributed by atoms with E-state index < -0.39 is 0 Å². The lowest BCUT2D eigenvalue weighted by Crippen LogP contribution is -2.33. The van der Waals surface area contributed by atoms with Crippen molar-refractivity contribution in [2.24, 2.45) is 5.92 Å². The van der Waals surface area contributed by atoms with Crippen molar-refractivity contribution in [2.45, 2.75) is 39.5 Å². The molecule has 0 bridgehead atoms. The molecule has 3 nitrogen and oxygen atoms in total. The van der Waals surface area contributed by atoms with E-state index in [0.717, 1.165) is 31.5 Å². The highest BCUT2D eigenvalue weighted by Crippen LogP contribution is 2.19. The fourth-order valence-electron chi connectivity index (χ4n) is 2.03. The van der Waals surface area contributed by atoms with Crippen molar-refractivity contribution in [3.8, 4) is 0 Å². The van der Waals surface area contributed by atoms with Crippen molar-refractivity contribution in [1.82, 2.24) is 4.98 Å². The van der Waals surface area contributed by atoms with Gasteiger partial charge in [-0.3, -0.25) is 9.69 Å². The minimum atomic E-state index is 0.136. The maximum absolute atomic E-state index is 12.3. The van der Waals surface area contributed by atoms with Gasteiger partial charge in [0.2, 0.25) is 5.91 Å². The summed E-state index contributed by atoms with van der Waals surface area (Å²) in [6, 6.07) is 5.63. The van der Waals surface area contributed by atoms with Crippen molar-refractivity contribution in [1.29, 1.82) is 0 Å². The van der Waals surface area contributed by atoms with E-state index in [0.29, 0.717) is 0 Å². The Morgan fingerprint density at radius 3 is 2.41 bits per heavy atom. The SMILES string of the molecule is CCCC(CCC)C(=O)N(C)c1ccccn1. The molecule has 0 unspecified atom stereocenters. The van der Waals surface area contributed by atoms with E-state index in [1.807, 2.05) is 25.2 Å². The number of aromatic nitrogens is 1. The molecule has 3 heteroatoms. The molecule has 17 heavy (non-hydrogen) atoms. The zero-order valence-corrected chi connectivity index (χ0v) is 11.0. The average molecular weight is 234 g/mol. The molecule has 1 heterocycles. The van der Waals surface area contributed by atoms with Gasteiger partial charge in [0.25, 0.3) is 0 Å². The molecule has 0 radical (unpaired) electrons. The molecule has 0 saturated carbocycles. The van der Waals surface area contributed by atoms with Crippen LogP contribution in [-0.4, -0.2) is 17.9 Å². The highest BCUT2D eigenvalue weighted by Gasteiger charge is 2.21. The van der Waals surface area contributed by atoms with Crippen LogP contribution in [0, 0.1) is 5.92 Å². The smallest absolute Gasteiger partial charge is 0.230 e. The summed E-state index contributed by atoms with van der Waals surface area (Å²) in [4.78, 5) is 18.2. The van der Waals surface area contributed by atoms with Crippen molar-refractivity contribution in [2.75, 3.05) is 11.9 Å². The summed E-state index contributed by atoms with van der Waals surface area (Å²) in [6.07, 6.45) is 5.74. The van der Waals surface area contributed by atoms with Gasteiger partial charge in [-0.15, -0.1) is 0 Å². The summed E-state index contributed by atoms with van der Waals surface area (Å²) in [7, 11) is 1.81. The molecule has 1 amide bonds. The molecular formula is C14H22N2O. The lowest BCUT2D eigenvalue weighted by molar-refractivity contribution is -0.122. The Kier molecular flexibility index (Phi) is 5.67. The fraction of sp³-hybridized carbons (Fsp3) is 0.571. The molecule has 1 rings (SSSR count). The average Bonchev–Trinajstić information content (AvgIpc) is 2.38. The fourth-order valence-corrected chi connectivity index (χ4v) is 2.03.